The van der Waals surface area contributed by atoms with E-state index >= 15 is 0 Å². The Labute approximate surface area is 127 Å². The Balaban J connectivity index is 2.45. The van der Waals surface area contributed by atoms with E-state index in [1.54, 1.807) is 6.92 Å². The van der Waals surface area contributed by atoms with Crippen molar-refractivity contribution in [1.29, 1.82) is 0 Å². The largest absolute Gasteiger partial charge is 0.494 e. The summed E-state index contributed by atoms with van der Waals surface area (Å²) in [6, 6.07) is 7.70. The molecule has 1 rings (SSSR count). The van der Waals surface area contributed by atoms with Crippen LogP contribution in [0.1, 0.15) is 32.3 Å². The maximum absolute atomic E-state index is 11.1. The van der Waals surface area contributed by atoms with Gasteiger partial charge < -0.3 is 14.7 Å². The van der Waals surface area contributed by atoms with E-state index in [1.807, 2.05) is 38.4 Å². The Morgan fingerprint density at radius 3 is 2.43 bits per heavy atom. The Bertz CT molecular complexity index is 438. The van der Waals surface area contributed by atoms with Crippen LogP contribution in [0.5, 0.6) is 5.75 Å². The van der Waals surface area contributed by atoms with Gasteiger partial charge in [-0.25, -0.2) is 0 Å². The molecule has 1 N–H and O–H groups in total. The molecule has 4 heteroatoms. The van der Waals surface area contributed by atoms with Crippen molar-refractivity contribution in [2.24, 2.45) is 0 Å². The van der Waals surface area contributed by atoms with Gasteiger partial charge in [0.25, 0.3) is 0 Å². The highest BCUT2D eigenvalue weighted by atomic mass is 16.5. The zero-order chi connectivity index (χ0) is 15.9. The Kier molecular flexibility index (Phi) is 6.85. The molecule has 0 radical (unpaired) electrons. The SMILES string of the molecule is CC(=O)CC(C)(O)Cc1ccc(OCCCN(C)C)cc1. The second-order valence-corrected chi connectivity index (χ2v) is 6.20. The smallest absolute Gasteiger partial charge is 0.132 e. The molecule has 21 heavy (non-hydrogen) atoms. The van der Waals surface area contributed by atoms with Crippen molar-refractivity contribution in [3.63, 3.8) is 0 Å². The van der Waals surface area contributed by atoms with Gasteiger partial charge in [-0.2, -0.15) is 0 Å². The van der Waals surface area contributed by atoms with E-state index < -0.39 is 5.60 Å². The highest BCUT2D eigenvalue weighted by Gasteiger charge is 2.22. The second-order valence-electron chi connectivity index (χ2n) is 6.20. The van der Waals surface area contributed by atoms with Crippen LogP contribution in [0.15, 0.2) is 24.3 Å². The molecule has 0 spiro atoms. The van der Waals surface area contributed by atoms with E-state index in [0.29, 0.717) is 13.0 Å². The Morgan fingerprint density at radius 2 is 1.90 bits per heavy atom. The first-order chi connectivity index (χ1) is 9.78. The van der Waals surface area contributed by atoms with E-state index in [0.717, 1.165) is 24.3 Å². The van der Waals surface area contributed by atoms with E-state index in [4.69, 9.17) is 4.74 Å². The van der Waals surface area contributed by atoms with Crippen molar-refractivity contribution in [3.05, 3.63) is 29.8 Å². The maximum atomic E-state index is 11.1. The van der Waals surface area contributed by atoms with Crippen LogP contribution in [0, 0.1) is 0 Å². The highest BCUT2D eigenvalue weighted by molar-refractivity contribution is 5.76. The molecular formula is C17H27NO3. The molecule has 1 atom stereocenters. The summed E-state index contributed by atoms with van der Waals surface area (Å²) in [5.41, 5.74) is 0.0156. The number of carbonyl (C=O) groups is 1. The number of hydrogen-bond acceptors (Lipinski definition) is 4. The minimum absolute atomic E-state index is 0.000783. The van der Waals surface area contributed by atoms with Gasteiger partial charge in [-0.1, -0.05) is 12.1 Å². The first-order valence-corrected chi connectivity index (χ1v) is 7.37. The first kappa shape index (κ1) is 17.7. The molecule has 1 aromatic carbocycles. The van der Waals surface area contributed by atoms with Gasteiger partial charge >= 0.3 is 0 Å². The van der Waals surface area contributed by atoms with Crippen LogP contribution in [0.25, 0.3) is 0 Å². The third kappa shape index (κ3) is 7.83. The molecule has 0 heterocycles. The van der Waals surface area contributed by atoms with Crippen LogP contribution in [0.4, 0.5) is 0 Å². The molecule has 0 saturated carbocycles. The normalized spacial score (nSPS) is 14.0. The number of ketones is 1. The van der Waals surface area contributed by atoms with Gasteiger partial charge in [0.05, 0.1) is 12.2 Å². The van der Waals surface area contributed by atoms with Crippen LogP contribution in [0.2, 0.25) is 0 Å². The van der Waals surface area contributed by atoms with Crippen molar-refractivity contribution < 1.29 is 14.6 Å². The summed E-state index contributed by atoms with van der Waals surface area (Å²) < 4.78 is 5.66. The number of nitrogens with zero attached hydrogens (tertiary/aromatic N) is 1. The van der Waals surface area contributed by atoms with E-state index in [9.17, 15) is 9.90 Å². The molecule has 4 nitrogen and oxygen atoms in total. The Morgan fingerprint density at radius 1 is 1.29 bits per heavy atom. The van der Waals surface area contributed by atoms with E-state index in [2.05, 4.69) is 4.90 Å². The summed E-state index contributed by atoms with van der Waals surface area (Å²) in [5.74, 6) is 0.838. The van der Waals surface area contributed by atoms with Crippen molar-refractivity contribution in [3.8, 4) is 5.75 Å². The van der Waals surface area contributed by atoms with Crippen molar-refractivity contribution in [1.82, 2.24) is 4.90 Å². The molecule has 0 aliphatic carbocycles. The van der Waals surface area contributed by atoms with Gasteiger partial charge in [-0.05, 0) is 52.1 Å². The first-order valence-electron chi connectivity index (χ1n) is 7.37. The summed E-state index contributed by atoms with van der Waals surface area (Å²) in [6.45, 7) is 4.89. The summed E-state index contributed by atoms with van der Waals surface area (Å²) in [7, 11) is 4.09. The Hall–Kier alpha value is -1.39. The molecule has 1 unspecified atom stereocenters. The van der Waals surface area contributed by atoms with Crippen LogP contribution in [-0.2, 0) is 11.2 Å². The lowest BCUT2D eigenvalue weighted by Crippen LogP contribution is -2.29. The van der Waals surface area contributed by atoms with Crippen LogP contribution < -0.4 is 4.74 Å². The topological polar surface area (TPSA) is 49.8 Å². The number of benzene rings is 1. The maximum Gasteiger partial charge on any atom is 0.132 e. The van der Waals surface area contributed by atoms with Crippen LogP contribution in [0.3, 0.4) is 0 Å². The number of Topliss-reactive ketones (excluding diaryl/α,β-unsaturated/α-hetero) is 1. The van der Waals surface area contributed by atoms with Gasteiger partial charge in [0.15, 0.2) is 0 Å². The quantitative estimate of drug-likeness (QED) is 0.710. The number of aliphatic hydroxyl groups is 1. The minimum Gasteiger partial charge on any atom is -0.494 e. The molecule has 1 aromatic rings. The van der Waals surface area contributed by atoms with Crippen molar-refractivity contribution >= 4 is 5.78 Å². The zero-order valence-electron chi connectivity index (χ0n) is 13.6. The number of carbonyl (C=O) groups excluding carboxylic acids is 1. The lowest BCUT2D eigenvalue weighted by atomic mass is 9.92. The fourth-order valence-electron chi connectivity index (χ4n) is 2.31. The average molecular weight is 293 g/mol. The minimum atomic E-state index is -0.986. The predicted molar refractivity (Wildman–Crippen MR) is 84.7 cm³/mol. The molecule has 0 bridgehead atoms. The van der Waals surface area contributed by atoms with Crippen LogP contribution >= 0.6 is 0 Å². The summed E-state index contributed by atoms with van der Waals surface area (Å²) in [5, 5.41) is 10.2. The van der Waals surface area contributed by atoms with Gasteiger partial charge in [0, 0.05) is 19.4 Å². The van der Waals surface area contributed by atoms with Gasteiger partial charge in [-0.15, -0.1) is 0 Å². The third-order valence-electron chi connectivity index (χ3n) is 3.16. The van der Waals surface area contributed by atoms with Gasteiger partial charge in [0.1, 0.15) is 11.5 Å². The van der Waals surface area contributed by atoms with Gasteiger partial charge in [0.2, 0.25) is 0 Å². The standard InChI is InChI=1S/C17H27NO3/c1-14(19)12-17(2,20)13-15-6-8-16(9-7-15)21-11-5-10-18(3)4/h6-9,20H,5,10-13H2,1-4H3. The summed E-state index contributed by atoms with van der Waals surface area (Å²) in [6.07, 6.45) is 1.63. The highest BCUT2D eigenvalue weighted by Crippen LogP contribution is 2.20. The van der Waals surface area contributed by atoms with Crippen LogP contribution in [-0.4, -0.2) is 48.6 Å². The average Bonchev–Trinajstić information content (AvgIpc) is 2.34. The number of ether oxygens (including phenoxy) is 1. The monoisotopic (exact) mass is 293 g/mol. The van der Waals surface area contributed by atoms with E-state index in [-0.39, 0.29) is 12.2 Å². The fraction of sp³-hybridized carbons (Fsp3) is 0.588. The lowest BCUT2D eigenvalue weighted by Gasteiger charge is -2.22. The number of hydrogen-bond donors (Lipinski definition) is 1. The van der Waals surface area contributed by atoms with Gasteiger partial charge in [-0.3, -0.25) is 4.79 Å². The fourth-order valence-corrected chi connectivity index (χ4v) is 2.31. The molecule has 0 aliphatic heterocycles. The zero-order valence-corrected chi connectivity index (χ0v) is 13.6. The number of rotatable bonds is 9. The predicted octanol–water partition coefficient (Wildman–Crippen LogP) is 2.29. The second kappa shape index (κ2) is 8.15. The van der Waals surface area contributed by atoms with E-state index in [1.165, 1.54) is 6.92 Å². The molecule has 0 fully saturated rings. The van der Waals surface area contributed by atoms with Crippen molar-refractivity contribution in [2.45, 2.75) is 38.7 Å². The lowest BCUT2D eigenvalue weighted by molar-refractivity contribution is -0.121. The summed E-state index contributed by atoms with van der Waals surface area (Å²) >= 11 is 0. The molecule has 0 saturated heterocycles. The molecular weight excluding hydrogens is 266 g/mol. The molecule has 0 aromatic heterocycles. The molecule has 0 amide bonds. The third-order valence-corrected chi connectivity index (χ3v) is 3.16. The van der Waals surface area contributed by atoms with Crippen molar-refractivity contribution in [2.75, 3.05) is 27.2 Å². The molecule has 0 aliphatic rings. The summed E-state index contributed by atoms with van der Waals surface area (Å²) in [4.78, 5) is 13.2. The molecule has 118 valence electrons.